The Morgan fingerprint density at radius 3 is 2.14 bits per heavy atom. The zero-order chi connectivity index (χ0) is 54.0. The summed E-state index contributed by atoms with van der Waals surface area (Å²) < 4.78 is 66.2. The number of pyridine rings is 2. The van der Waals surface area contributed by atoms with Crippen LogP contribution in [0.15, 0.2) is 53.8 Å². The first kappa shape index (κ1) is 56.3. The third-order valence-corrected chi connectivity index (χ3v) is 14.0. The van der Waals surface area contributed by atoms with E-state index in [1.165, 1.54) is 31.3 Å². The van der Waals surface area contributed by atoms with E-state index < -0.39 is 80.4 Å². The first-order valence-electron chi connectivity index (χ1n) is 23.6. The molecule has 5 atom stereocenters. The molecule has 2 aliphatic carbocycles. The number of fused-ring (bicyclic) bond motifs is 2. The van der Waals surface area contributed by atoms with Gasteiger partial charge in [0.2, 0.25) is 17.7 Å². The molecule has 398 valence electrons. The molecule has 0 spiro atoms. The summed E-state index contributed by atoms with van der Waals surface area (Å²) in [7, 11) is -1.51. The molecule has 3 aliphatic rings. The minimum atomic E-state index is -4.51. The number of likely N-dealkylation sites (tertiary alicyclic amines) is 1. The quantitative estimate of drug-likeness (QED) is 0.0766. The maximum absolute atomic E-state index is 14.6. The minimum absolute atomic E-state index is 0.0553. The van der Waals surface area contributed by atoms with Gasteiger partial charge in [0.25, 0.3) is 5.91 Å². The molecule has 4 amide bonds. The van der Waals surface area contributed by atoms with E-state index in [1.807, 2.05) is 11.6 Å². The average molecular weight is 1080 g/mol. The van der Waals surface area contributed by atoms with Gasteiger partial charge in [-0.15, -0.1) is 6.58 Å². The van der Waals surface area contributed by atoms with Gasteiger partial charge in [-0.2, -0.15) is 8.42 Å². The highest BCUT2D eigenvalue weighted by Crippen LogP contribution is 2.46. The number of rotatable bonds is 17. The fourth-order valence-electron chi connectivity index (χ4n) is 8.18. The van der Waals surface area contributed by atoms with Crippen LogP contribution in [0.3, 0.4) is 0 Å². The van der Waals surface area contributed by atoms with Crippen molar-refractivity contribution in [1.82, 2.24) is 30.2 Å². The molecule has 3 fully saturated rings. The molecule has 1 saturated heterocycles. The molecule has 0 bridgehead atoms. The Morgan fingerprint density at radius 2 is 1.58 bits per heavy atom. The lowest BCUT2D eigenvalue weighted by atomic mass is 9.85. The maximum Gasteiger partial charge on any atom is 0.408 e. The number of methoxy groups -OCH3 is 2. The molecule has 0 radical (unpaired) electrons. The summed E-state index contributed by atoms with van der Waals surface area (Å²) in [5.41, 5.74) is -3.57. The van der Waals surface area contributed by atoms with Crippen molar-refractivity contribution in [3.8, 4) is 29.0 Å². The number of hydrogen-bond donors (Lipinski definition) is 4. The second-order valence-electron chi connectivity index (χ2n) is 20.2. The number of carbonyl (C=O) groups is 4. The number of carbonyl (C=O) groups excluding carboxylic acids is 4. The second kappa shape index (κ2) is 21.8. The number of amides is 4. The molecular weight excluding hydrogens is 1010 g/mol. The number of halogens is 2. The fourth-order valence-corrected chi connectivity index (χ4v) is 9.90. The summed E-state index contributed by atoms with van der Waals surface area (Å²) >= 11 is 12.8. The van der Waals surface area contributed by atoms with E-state index in [1.54, 1.807) is 85.7 Å². The summed E-state index contributed by atoms with van der Waals surface area (Å²) in [6.45, 7) is 20.0. The lowest BCUT2D eigenvalue weighted by molar-refractivity contribution is -0.143. The molecule has 4 aromatic rings. The second-order valence-corrected chi connectivity index (χ2v) is 22.2. The van der Waals surface area contributed by atoms with Crippen LogP contribution in [0.2, 0.25) is 10.0 Å². The van der Waals surface area contributed by atoms with Crippen LogP contribution >= 0.6 is 23.2 Å². The number of hydrogen-bond acceptors (Lipinski definition) is 15. The lowest BCUT2D eigenvalue weighted by Crippen LogP contribution is -2.60. The Balaban J connectivity index is 0.000000429. The molecule has 2 aromatic heterocycles. The summed E-state index contributed by atoms with van der Waals surface area (Å²) in [6, 6.07) is 7.29. The molecule has 20 nitrogen and oxygen atoms in total. The van der Waals surface area contributed by atoms with E-state index in [-0.39, 0.29) is 35.7 Å². The summed E-state index contributed by atoms with van der Waals surface area (Å²) in [5, 5.41) is 7.05. The third-order valence-electron chi connectivity index (χ3n) is 12.2. The molecule has 0 unspecified atom stereocenters. The van der Waals surface area contributed by atoms with Gasteiger partial charge in [-0.05, 0) is 90.5 Å². The summed E-state index contributed by atoms with van der Waals surface area (Å²) in [4.78, 5) is 76.3. The van der Waals surface area contributed by atoms with Crippen LogP contribution in [0.1, 0.15) is 88.0 Å². The van der Waals surface area contributed by atoms with Crippen LogP contribution in [0.4, 0.5) is 4.79 Å². The van der Waals surface area contributed by atoms with E-state index >= 15 is 0 Å². The molecule has 7 rings (SSSR count). The van der Waals surface area contributed by atoms with Crippen LogP contribution in [0.5, 0.6) is 29.0 Å². The largest absolute Gasteiger partial charge is 0.495 e. The Hall–Kier alpha value is -6.03. The minimum Gasteiger partial charge on any atom is -0.495 e. The average Bonchev–Trinajstić information content (AvgIpc) is 4.16. The van der Waals surface area contributed by atoms with Gasteiger partial charge in [0.05, 0.1) is 45.1 Å². The standard InChI is InChI=1S/C38H52ClN5O11S.C12H12ClNO3/c1-11-21-19-38(21,33(47)43-56(49,50)55-37(9)15-16-37)42-31(45)24-17-22(20-44(24)32(46)30(35(3,4)5)41-34(48)54-36(6,7)8)53-26-18-27(52-12-2)40-29-23(26)13-14-25(51-10)28(29)39;1-3-17-10-6-8(15)7-4-5-9(16-2)11(13)12(7)14-10/h11,13-14,18,21-22,24,30H,1,12,15-17,19-20H2,2-10H3,(H,41,48)(H,42,45)(H,43,47);4-6H,3H2,1-2H3,(H,14,15)/t21-,22-,24+,30-,38-;/m1./s1. The van der Waals surface area contributed by atoms with Crippen molar-refractivity contribution >= 4 is 79.1 Å². The molecule has 2 saturated carbocycles. The van der Waals surface area contributed by atoms with E-state index in [9.17, 15) is 32.4 Å². The van der Waals surface area contributed by atoms with Gasteiger partial charge in [-0.25, -0.2) is 18.7 Å². The number of alkyl carbamates (subject to hydrolysis) is 1. The van der Waals surface area contributed by atoms with Crippen molar-refractivity contribution in [2.24, 2.45) is 11.3 Å². The topological polar surface area (TPSA) is 252 Å². The Labute approximate surface area is 434 Å². The molecule has 4 N–H and O–H groups in total. The van der Waals surface area contributed by atoms with Crippen LogP contribution < -0.4 is 44.5 Å². The molecule has 2 aromatic carbocycles. The predicted octanol–water partition coefficient (Wildman–Crippen LogP) is 7.16. The number of nitrogens with zero attached hydrogens (tertiary/aromatic N) is 2. The maximum atomic E-state index is 14.6. The zero-order valence-electron chi connectivity index (χ0n) is 42.8. The van der Waals surface area contributed by atoms with E-state index in [0.29, 0.717) is 76.0 Å². The number of benzene rings is 2. The van der Waals surface area contributed by atoms with Crippen molar-refractivity contribution in [2.45, 2.75) is 123 Å². The fraction of sp³-hybridized carbons (Fsp3) is 0.520. The van der Waals surface area contributed by atoms with Crippen molar-refractivity contribution in [2.75, 3.05) is 34.0 Å². The smallest absolute Gasteiger partial charge is 0.408 e. The van der Waals surface area contributed by atoms with Gasteiger partial charge in [-0.1, -0.05) is 50.0 Å². The van der Waals surface area contributed by atoms with Gasteiger partial charge < -0.3 is 48.9 Å². The number of nitrogens with one attached hydrogen (secondary N) is 4. The monoisotopic (exact) mass is 1070 g/mol. The number of H-pyrrole nitrogens is 1. The molecule has 23 heteroatoms. The van der Waals surface area contributed by atoms with Crippen molar-refractivity contribution in [1.29, 1.82) is 0 Å². The first-order valence-corrected chi connectivity index (χ1v) is 25.8. The zero-order valence-corrected chi connectivity index (χ0v) is 45.1. The highest BCUT2D eigenvalue weighted by molar-refractivity contribution is 7.85. The normalized spacial score (nSPS) is 20.4. The predicted molar refractivity (Wildman–Crippen MR) is 274 cm³/mol. The van der Waals surface area contributed by atoms with Gasteiger partial charge in [-0.3, -0.25) is 19.2 Å². The van der Waals surface area contributed by atoms with Crippen molar-refractivity contribution < 1.29 is 60.2 Å². The number of ether oxygens (including phenoxy) is 6. The van der Waals surface area contributed by atoms with E-state index in [2.05, 4.69) is 27.2 Å². The van der Waals surface area contributed by atoms with Gasteiger partial charge >= 0.3 is 16.4 Å². The highest BCUT2D eigenvalue weighted by Gasteiger charge is 2.62. The molecule has 1 aliphatic heterocycles. The van der Waals surface area contributed by atoms with Crippen LogP contribution in [-0.4, -0.2) is 116 Å². The number of aromatic amines is 1. The molecular formula is C50H64Cl2N6O14S. The van der Waals surface area contributed by atoms with Crippen LogP contribution in [0.25, 0.3) is 21.8 Å². The van der Waals surface area contributed by atoms with Crippen molar-refractivity contribution in [3.05, 3.63) is 69.3 Å². The number of aromatic nitrogens is 2. The lowest BCUT2D eigenvalue weighted by Gasteiger charge is -2.36. The van der Waals surface area contributed by atoms with E-state index in [4.69, 9.17) is 55.8 Å². The van der Waals surface area contributed by atoms with Crippen molar-refractivity contribution in [3.63, 3.8) is 0 Å². The molecule has 73 heavy (non-hydrogen) atoms. The Bertz CT molecular complexity index is 2950. The molecule has 3 heterocycles. The highest BCUT2D eigenvalue weighted by atomic mass is 35.5. The van der Waals surface area contributed by atoms with E-state index in [0.717, 1.165) is 0 Å². The summed E-state index contributed by atoms with van der Waals surface area (Å²) in [6.07, 6.45) is 0.818. The van der Waals surface area contributed by atoms with Gasteiger partial charge in [0.1, 0.15) is 62.1 Å². The summed E-state index contributed by atoms with van der Waals surface area (Å²) in [5.74, 6) is -1.15. The van der Waals surface area contributed by atoms with Gasteiger partial charge in [0.15, 0.2) is 11.3 Å². The first-order chi connectivity index (χ1) is 34.1. The Kier molecular flexibility index (Phi) is 16.8. The van der Waals surface area contributed by atoms with Gasteiger partial charge in [0, 0.05) is 35.2 Å². The Morgan fingerprint density at radius 1 is 0.945 bits per heavy atom. The SMILES string of the molecule is C=C[C@@H]1C[C@]1(NC(=O)[C@@H]1C[C@@H](Oc2cc(OCC)nc3c(Cl)c(OC)ccc23)CN1C(=O)[C@@H](NC(=O)OC(C)(C)C)C(C)(C)C)C(=O)NS(=O)(=O)OC1(C)CC1.CCOc1cc(=O)c2ccc(OC)c(Cl)c2[nH]1. The van der Waals surface area contributed by atoms with Crippen LogP contribution in [-0.2, 0) is 33.6 Å². The van der Waals surface area contributed by atoms with Crippen LogP contribution in [0, 0.1) is 11.3 Å². The third kappa shape index (κ3) is 13.2.